The zero-order valence-corrected chi connectivity index (χ0v) is 12.8. The summed E-state index contributed by atoms with van der Waals surface area (Å²) in [6.07, 6.45) is 1.45. The topological polar surface area (TPSA) is 70.9 Å². The number of amides is 1. The van der Waals surface area contributed by atoms with Crippen molar-refractivity contribution >= 4 is 28.1 Å². The number of ether oxygens (including phenoxy) is 1. The third-order valence-corrected chi connectivity index (χ3v) is 3.28. The molecule has 5 nitrogen and oxygen atoms in total. The van der Waals surface area contributed by atoms with Crippen LogP contribution in [-0.2, 0) is 0 Å². The molecule has 2 N–H and O–H groups in total. The summed E-state index contributed by atoms with van der Waals surface area (Å²) in [7, 11) is 1.55. The molecule has 21 heavy (non-hydrogen) atoms. The lowest BCUT2D eigenvalue weighted by Crippen LogP contribution is -2.17. The Morgan fingerprint density at radius 3 is 2.81 bits per heavy atom. The van der Waals surface area contributed by atoms with Crippen molar-refractivity contribution in [2.24, 2.45) is 5.10 Å². The van der Waals surface area contributed by atoms with Gasteiger partial charge in [0.1, 0.15) is 11.5 Å². The molecule has 0 saturated heterocycles. The molecule has 0 aliphatic rings. The molecule has 0 spiro atoms. The van der Waals surface area contributed by atoms with Crippen molar-refractivity contribution in [3.8, 4) is 11.5 Å². The predicted molar refractivity (Wildman–Crippen MR) is 83.9 cm³/mol. The Morgan fingerprint density at radius 2 is 2.14 bits per heavy atom. The zero-order valence-electron chi connectivity index (χ0n) is 11.2. The standard InChI is InChI=1S/C15H13BrN2O3/c1-21-14-6-5-11(8-13(14)16)15(20)18-17-9-10-3-2-4-12(19)7-10/h2-9,19H,1H3,(H,18,20)/b17-9+. The maximum Gasteiger partial charge on any atom is 0.271 e. The lowest BCUT2D eigenvalue weighted by Gasteiger charge is -2.05. The van der Waals surface area contributed by atoms with Gasteiger partial charge in [-0.25, -0.2) is 5.43 Å². The van der Waals surface area contributed by atoms with Crippen LogP contribution in [-0.4, -0.2) is 24.3 Å². The van der Waals surface area contributed by atoms with Crippen molar-refractivity contribution < 1.29 is 14.6 Å². The van der Waals surface area contributed by atoms with Crippen LogP contribution in [0.15, 0.2) is 52.0 Å². The molecule has 0 aliphatic heterocycles. The molecule has 1 amide bonds. The van der Waals surface area contributed by atoms with Crippen LogP contribution in [0, 0.1) is 0 Å². The first-order valence-corrected chi connectivity index (χ1v) is 6.85. The Balaban J connectivity index is 2.03. The predicted octanol–water partition coefficient (Wildman–Crippen LogP) is 2.93. The summed E-state index contributed by atoms with van der Waals surface area (Å²) >= 11 is 3.32. The van der Waals surface area contributed by atoms with Crippen molar-refractivity contribution in [1.82, 2.24) is 5.43 Å². The van der Waals surface area contributed by atoms with Gasteiger partial charge in [-0.2, -0.15) is 5.10 Å². The van der Waals surface area contributed by atoms with Crippen molar-refractivity contribution in [1.29, 1.82) is 0 Å². The molecule has 0 radical (unpaired) electrons. The van der Waals surface area contributed by atoms with Gasteiger partial charge in [-0.3, -0.25) is 4.79 Å². The summed E-state index contributed by atoms with van der Waals surface area (Å²) in [5, 5.41) is 13.2. The molecule has 6 heteroatoms. The number of carbonyl (C=O) groups is 1. The van der Waals surface area contributed by atoms with E-state index in [1.807, 2.05) is 0 Å². The molecule has 0 aromatic heterocycles. The number of nitrogens with one attached hydrogen (secondary N) is 1. The molecule has 0 heterocycles. The fourth-order valence-corrected chi connectivity index (χ4v) is 2.18. The van der Waals surface area contributed by atoms with Crippen molar-refractivity contribution in [3.05, 3.63) is 58.1 Å². The van der Waals surface area contributed by atoms with E-state index < -0.39 is 0 Å². The number of halogens is 1. The zero-order chi connectivity index (χ0) is 15.2. The first-order valence-electron chi connectivity index (χ1n) is 6.06. The third-order valence-electron chi connectivity index (χ3n) is 2.66. The van der Waals surface area contributed by atoms with Gasteiger partial charge in [0.15, 0.2) is 0 Å². The number of nitrogens with zero attached hydrogens (tertiary/aromatic N) is 1. The van der Waals surface area contributed by atoms with Gasteiger partial charge >= 0.3 is 0 Å². The summed E-state index contributed by atoms with van der Waals surface area (Å²) in [6, 6.07) is 11.5. The van der Waals surface area contributed by atoms with E-state index in [2.05, 4.69) is 26.5 Å². The van der Waals surface area contributed by atoms with Gasteiger partial charge in [0.05, 0.1) is 17.8 Å². The maximum absolute atomic E-state index is 11.9. The quantitative estimate of drug-likeness (QED) is 0.659. The number of benzene rings is 2. The van der Waals surface area contributed by atoms with E-state index in [0.29, 0.717) is 21.3 Å². The van der Waals surface area contributed by atoms with Gasteiger partial charge < -0.3 is 9.84 Å². The average molecular weight is 349 g/mol. The van der Waals surface area contributed by atoms with Crippen LogP contribution in [0.5, 0.6) is 11.5 Å². The first-order chi connectivity index (χ1) is 10.1. The highest BCUT2D eigenvalue weighted by Crippen LogP contribution is 2.25. The number of hydrazone groups is 1. The molecule has 0 atom stereocenters. The molecule has 0 unspecified atom stereocenters. The van der Waals surface area contributed by atoms with Gasteiger partial charge in [-0.05, 0) is 51.8 Å². The Labute approximate surface area is 130 Å². The summed E-state index contributed by atoms with van der Waals surface area (Å²) in [6.45, 7) is 0. The van der Waals surface area contributed by atoms with Crippen molar-refractivity contribution in [2.75, 3.05) is 7.11 Å². The van der Waals surface area contributed by atoms with E-state index in [9.17, 15) is 9.90 Å². The Bertz CT molecular complexity index is 686. The summed E-state index contributed by atoms with van der Waals surface area (Å²) in [5.74, 6) is 0.453. The van der Waals surface area contributed by atoms with Crippen LogP contribution < -0.4 is 10.2 Å². The molecule has 108 valence electrons. The van der Waals surface area contributed by atoms with Crippen LogP contribution in [0.25, 0.3) is 0 Å². The Hall–Kier alpha value is -2.34. The Morgan fingerprint density at radius 1 is 1.33 bits per heavy atom. The molecule has 2 aromatic rings. The monoisotopic (exact) mass is 348 g/mol. The van der Waals surface area contributed by atoms with Crippen LogP contribution in [0.4, 0.5) is 0 Å². The molecule has 2 rings (SSSR count). The molecular weight excluding hydrogens is 336 g/mol. The van der Waals surface area contributed by atoms with Crippen LogP contribution >= 0.6 is 15.9 Å². The van der Waals surface area contributed by atoms with Gasteiger partial charge in [-0.1, -0.05) is 12.1 Å². The smallest absolute Gasteiger partial charge is 0.271 e. The van der Waals surface area contributed by atoms with Crippen LogP contribution in [0.1, 0.15) is 15.9 Å². The molecule has 0 fully saturated rings. The van der Waals surface area contributed by atoms with Gasteiger partial charge in [0.25, 0.3) is 5.91 Å². The van der Waals surface area contributed by atoms with Crippen molar-refractivity contribution in [2.45, 2.75) is 0 Å². The second-order valence-corrected chi connectivity index (χ2v) is 5.00. The van der Waals surface area contributed by atoms with E-state index in [4.69, 9.17) is 4.74 Å². The molecule has 2 aromatic carbocycles. The number of methoxy groups -OCH3 is 1. The second-order valence-electron chi connectivity index (χ2n) is 4.14. The Kier molecular flexibility index (Phi) is 4.94. The molecule has 0 saturated carbocycles. The lowest BCUT2D eigenvalue weighted by molar-refractivity contribution is 0.0955. The largest absolute Gasteiger partial charge is 0.508 e. The summed E-state index contributed by atoms with van der Waals surface area (Å²) in [5.41, 5.74) is 3.56. The van der Waals surface area contributed by atoms with Crippen LogP contribution in [0.2, 0.25) is 0 Å². The first kappa shape index (κ1) is 15.1. The number of rotatable bonds is 4. The SMILES string of the molecule is COc1ccc(C(=O)N/N=C/c2cccc(O)c2)cc1Br. The summed E-state index contributed by atoms with van der Waals surface area (Å²) in [4.78, 5) is 11.9. The maximum atomic E-state index is 11.9. The van der Waals surface area contributed by atoms with Gasteiger partial charge in [0, 0.05) is 5.56 Å². The van der Waals surface area contributed by atoms with Gasteiger partial charge in [0.2, 0.25) is 0 Å². The molecular formula is C15H13BrN2O3. The van der Waals surface area contributed by atoms with E-state index in [0.717, 1.165) is 0 Å². The second kappa shape index (κ2) is 6.90. The number of hydrogen-bond donors (Lipinski definition) is 2. The minimum absolute atomic E-state index is 0.143. The van der Waals surface area contributed by atoms with Gasteiger partial charge in [-0.15, -0.1) is 0 Å². The molecule has 0 bridgehead atoms. The van der Waals surface area contributed by atoms with E-state index in [-0.39, 0.29) is 11.7 Å². The molecule has 0 aliphatic carbocycles. The summed E-state index contributed by atoms with van der Waals surface area (Å²) < 4.78 is 5.79. The number of phenols is 1. The van der Waals surface area contributed by atoms with E-state index >= 15 is 0 Å². The highest BCUT2D eigenvalue weighted by Gasteiger charge is 2.07. The average Bonchev–Trinajstić information content (AvgIpc) is 2.47. The highest BCUT2D eigenvalue weighted by atomic mass is 79.9. The number of aromatic hydroxyl groups is 1. The fraction of sp³-hybridized carbons (Fsp3) is 0.0667. The number of phenolic OH excluding ortho intramolecular Hbond substituents is 1. The fourth-order valence-electron chi connectivity index (χ4n) is 1.64. The van der Waals surface area contributed by atoms with E-state index in [1.54, 1.807) is 49.6 Å². The third kappa shape index (κ3) is 4.06. The van der Waals surface area contributed by atoms with Crippen LogP contribution in [0.3, 0.4) is 0 Å². The minimum atomic E-state index is -0.338. The highest BCUT2D eigenvalue weighted by molar-refractivity contribution is 9.10. The number of hydrogen-bond acceptors (Lipinski definition) is 4. The van der Waals surface area contributed by atoms with E-state index in [1.165, 1.54) is 6.21 Å². The lowest BCUT2D eigenvalue weighted by atomic mass is 10.2. The normalized spacial score (nSPS) is 10.6. The number of carbonyl (C=O) groups excluding carboxylic acids is 1. The van der Waals surface area contributed by atoms with Crippen molar-refractivity contribution in [3.63, 3.8) is 0 Å². The minimum Gasteiger partial charge on any atom is -0.508 e.